The smallest absolute Gasteiger partial charge is 0.321 e. The van der Waals surface area contributed by atoms with Gasteiger partial charge in [-0.2, -0.15) is 0 Å². The van der Waals surface area contributed by atoms with Crippen molar-refractivity contribution in [2.75, 3.05) is 12.4 Å². The number of amides is 2. The highest BCUT2D eigenvalue weighted by Gasteiger charge is 2.16. The highest BCUT2D eigenvalue weighted by molar-refractivity contribution is 7.11. The van der Waals surface area contributed by atoms with Crippen LogP contribution in [0, 0.1) is 6.92 Å². The fourth-order valence-corrected chi connectivity index (χ4v) is 3.74. The Morgan fingerprint density at radius 1 is 1.36 bits per heavy atom. The van der Waals surface area contributed by atoms with Gasteiger partial charge in [-0.15, -0.1) is 11.3 Å². The van der Waals surface area contributed by atoms with Gasteiger partial charge >= 0.3 is 6.03 Å². The fraction of sp³-hybridized carbons (Fsp3) is 0.412. The highest BCUT2D eigenvalue weighted by atomic mass is 32.1. The van der Waals surface area contributed by atoms with E-state index in [1.165, 1.54) is 24.0 Å². The zero-order valence-electron chi connectivity index (χ0n) is 13.1. The molecule has 3 rings (SSSR count). The van der Waals surface area contributed by atoms with Gasteiger partial charge in [0.05, 0.1) is 11.6 Å². The molecule has 1 N–H and O–H groups in total. The number of hydrogen-bond acceptors (Lipinski definition) is 3. The first-order valence-electron chi connectivity index (χ1n) is 7.67. The van der Waals surface area contributed by atoms with E-state index in [2.05, 4.69) is 16.4 Å². The van der Waals surface area contributed by atoms with Crippen molar-refractivity contribution in [3.8, 4) is 0 Å². The summed E-state index contributed by atoms with van der Waals surface area (Å²) in [5.74, 6) is 0. The van der Waals surface area contributed by atoms with Crippen molar-refractivity contribution >= 4 is 23.1 Å². The summed E-state index contributed by atoms with van der Waals surface area (Å²) in [7, 11) is 1.82. The number of nitrogens with one attached hydrogen (secondary N) is 1. The van der Waals surface area contributed by atoms with Crippen molar-refractivity contribution in [2.45, 2.75) is 39.2 Å². The van der Waals surface area contributed by atoms with E-state index in [1.807, 2.05) is 32.3 Å². The van der Waals surface area contributed by atoms with Crippen molar-refractivity contribution in [2.24, 2.45) is 0 Å². The van der Waals surface area contributed by atoms with Gasteiger partial charge in [-0.25, -0.2) is 9.78 Å². The van der Waals surface area contributed by atoms with Crippen molar-refractivity contribution in [1.29, 1.82) is 0 Å². The van der Waals surface area contributed by atoms with E-state index in [0.717, 1.165) is 28.4 Å². The van der Waals surface area contributed by atoms with Crippen LogP contribution in [-0.4, -0.2) is 23.0 Å². The molecule has 0 fully saturated rings. The quantitative estimate of drug-likeness (QED) is 0.930. The van der Waals surface area contributed by atoms with E-state index in [4.69, 9.17) is 0 Å². The predicted octanol–water partition coefficient (Wildman–Crippen LogP) is 3.99. The van der Waals surface area contributed by atoms with Crippen LogP contribution in [0.5, 0.6) is 0 Å². The molecule has 0 atom stereocenters. The summed E-state index contributed by atoms with van der Waals surface area (Å²) in [5.41, 5.74) is 3.66. The Hall–Kier alpha value is -1.88. The first kappa shape index (κ1) is 15.0. The number of carbonyl (C=O) groups is 1. The molecule has 0 saturated heterocycles. The molecule has 22 heavy (non-hydrogen) atoms. The van der Waals surface area contributed by atoms with E-state index >= 15 is 0 Å². The summed E-state index contributed by atoms with van der Waals surface area (Å²) >= 11 is 1.63. The average molecular weight is 315 g/mol. The van der Waals surface area contributed by atoms with Crippen molar-refractivity contribution in [3.63, 3.8) is 0 Å². The molecule has 2 aromatic rings. The largest absolute Gasteiger partial charge is 0.322 e. The minimum Gasteiger partial charge on any atom is -0.322 e. The van der Waals surface area contributed by atoms with Gasteiger partial charge in [0.15, 0.2) is 0 Å². The summed E-state index contributed by atoms with van der Waals surface area (Å²) < 4.78 is 0. The lowest BCUT2D eigenvalue weighted by Crippen LogP contribution is -2.31. The van der Waals surface area contributed by atoms with Crippen LogP contribution in [0.1, 0.15) is 33.9 Å². The van der Waals surface area contributed by atoms with E-state index in [0.29, 0.717) is 6.54 Å². The molecule has 0 aliphatic heterocycles. The van der Waals surface area contributed by atoms with Crippen LogP contribution in [-0.2, 0) is 19.4 Å². The Kier molecular flexibility index (Phi) is 4.43. The third kappa shape index (κ3) is 3.30. The number of carbonyl (C=O) groups excluding carboxylic acids is 1. The third-order valence-electron chi connectivity index (χ3n) is 4.05. The number of rotatable bonds is 3. The monoisotopic (exact) mass is 315 g/mol. The number of urea groups is 1. The normalized spacial score (nSPS) is 13.5. The second-order valence-corrected chi connectivity index (χ2v) is 7.10. The van der Waals surface area contributed by atoms with Crippen molar-refractivity contribution < 1.29 is 4.79 Å². The van der Waals surface area contributed by atoms with Gasteiger partial charge in [-0.05, 0) is 49.8 Å². The molecule has 1 aliphatic rings. The molecule has 0 unspecified atom stereocenters. The molecule has 0 spiro atoms. The van der Waals surface area contributed by atoms with Gasteiger partial charge in [0.25, 0.3) is 0 Å². The van der Waals surface area contributed by atoms with Crippen molar-refractivity contribution in [3.05, 3.63) is 45.4 Å². The van der Waals surface area contributed by atoms with Crippen LogP contribution in [0.15, 0.2) is 24.4 Å². The first-order valence-corrected chi connectivity index (χ1v) is 8.49. The van der Waals surface area contributed by atoms with Crippen LogP contribution in [0.2, 0.25) is 0 Å². The first-order chi connectivity index (χ1) is 10.6. The summed E-state index contributed by atoms with van der Waals surface area (Å²) in [5, 5.41) is 4.10. The number of hydrogen-bond donors (Lipinski definition) is 1. The van der Waals surface area contributed by atoms with Crippen LogP contribution in [0.3, 0.4) is 0 Å². The molecule has 1 aliphatic carbocycles. The minimum absolute atomic E-state index is 0.0648. The molecule has 1 aromatic carbocycles. The molecule has 4 nitrogen and oxygen atoms in total. The average Bonchev–Trinajstić information content (AvgIpc) is 2.92. The van der Waals surface area contributed by atoms with Gasteiger partial charge in [-0.1, -0.05) is 12.1 Å². The molecule has 0 radical (unpaired) electrons. The Bertz CT molecular complexity index is 680. The number of benzene rings is 1. The molecular weight excluding hydrogens is 294 g/mol. The fourth-order valence-electron chi connectivity index (χ4n) is 2.89. The topological polar surface area (TPSA) is 45.2 Å². The maximum absolute atomic E-state index is 12.4. The molecule has 5 heteroatoms. The van der Waals surface area contributed by atoms with E-state index in [1.54, 1.807) is 16.2 Å². The number of anilines is 1. The zero-order chi connectivity index (χ0) is 15.5. The standard InChI is InChI=1S/C17H21N3OS/c1-12-18-10-14(22-12)11-20(2)17(21)19-16-9-5-7-13-6-3-4-8-15(13)16/h5,7,9-10H,3-4,6,8,11H2,1-2H3,(H,19,21). The van der Waals surface area contributed by atoms with Crippen LogP contribution < -0.4 is 5.32 Å². The summed E-state index contributed by atoms with van der Waals surface area (Å²) in [6, 6.07) is 6.15. The number of aromatic nitrogens is 1. The molecule has 0 saturated carbocycles. The van der Waals surface area contributed by atoms with Gasteiger partial charge in [-0.3, -0.25) is 0 Å². The lowest BCUT2D eigenvalue weighted by Gasteiger charge is -2.22. The zero-order valence-corrected chi connectivity index (χ0v) is 13.9. The van der Waals surface area contributed by atoms with Gasteiger partial charge in [0, 0.05) is 23.8 Å². The number of fused-ring (bicyclic) bond motifs is 1. The number of aryl methyl sites for hydroxylation is 2. The second-order valence-electron chi connectivity index (χ2n) is 5.78. The lowest BCUT2D eigenvalue weighted by molar-refractivity contribution is 0.221. The molecule has 1 heterocycles. The van der Waals surface area contributed by atoms with E-state index in [-0.39, 0.29) is 6.03 Å². The maximum Gasteiger partial charge on any atom is 0.321 e. The number of nitrogens with zero attached hydrogens (tertiary/aromatic N) is 2. The second kappa shape index (κ2) is 6.48. The number of thiazole rings is 1. The molecule has 0 bridgehead atoms. The van der Waals surface area contributed by atoms with Crippen LogP contribution >= 0.6 is 11.3 Å². The summed E-state index contributed by atoms with van der Waals surface area (Å²) in [4.78, 5) is 19.4. The van der Waals surface area contributed by atoms with E-state index < -0.39 is 0 Å². The third-order valence-corrected chi connectivity index (χ3v) is 4.94. The van der Waals surface area contributed by atoms with Gasteiger partial charge in [0.1, 0.15) is 0 Å². The van der Waals surface area contributed by atoms with Gasteiger partial charge < -0.3 is 10.2 Å². The molecule has 116 valence electrons. The van der Waals surface area contributed by atoms with E-state index in [9.17, 15) is 4.79 Å². The highest BCUT2D eigenvalue weighted by Crippen LogP contribution is 2.28. The lowest BCUT2D eigenvalue weighted by atomic mass is 9.90. The Morgan fingerprint density at radius 2 is 2.18 bits per heavy atom. The van der Waals surface area contributed by atoms with Gasteiger partial charge in [0.2, 0.25) is 0 Å². The Morgan fingerprint density at radius 3 is 2.95 bits per heavy atom. The SMILES string of the molecule is Cc1ncc(CN(C)C(=O)Nc2cccc3c2CCCC3)s1. The summed E-state index contributed by atoms with van der Waals surface area (Å²) in [6.07, 6.45) is 6.47. The minimum atomic E-state index is -0.0648. The van der Waals surface area contributed by atoms with Crippen LogP contribution in [0.25, 0.3) is 0 Å². The Labute approximate surface area is 135 Å². The summed E-state index contributed by atoms with van der Waals surface area (Å²) in [6.45, 7) is 2.57. The maximum atomic E-state index is 12.4. The molecular formula is C17H21N3OS. The van der Waals surface area contributed by atoms with Crippen molar-refractivity contribution in [1.82, 2.24) is 9.88 Å². The molecule has 1 aromatic heterocycles. The molecule has 2 amide bonds. The van der Waals surface area contributed by atoms with Crippen LogP contribution in [0.4, 0.5) is 10.5 Å². The Balaban J connectivity index is 1.69. The predicted molar refractivity (Wildman–Crippen MR) is 90.4 cm³/mol.